The third kappa shape index (κ3) is 2.77. The molecular formula is C16H20N2. The molecule has 0 bridgehead atoms. The molecule has 0 aliphatic carbocycles. The Balaban J connectivity index is 2.32. The van der Waals surface area contributed by atoms with Crippen LogP contribution in [-0.4, -0.2) is 12.0 Å². The highest BCUT2D eigenvalue weighted by molar-refractivity contribution is 5.33. The van der Waals surface area contributed by atoms with Gasteiger partial charge in [0.05, 0.1) is 6.04 Å². The standard InChI is InChI=1S/C16H20N2/c1-4-13-5-7-14(8-6-13)16(17-3)15-9-10-18-12(2)11-15/h5-11,16-17H,4H2,1-3H3. The van der Waals surface area contributed by atoms with Crippen molar-refractivity contribution in [3.05, 3.63) is 65.0 Å². The first-order chi connectivity index (χ1) is 8.74. The van der Waals surface area contributed by atoms with Gasteiger partial charge in [-0.05, 0) is 49.2 Å². The molecule has 1 unspecified atom stereocenters. The van der Waals surface area contributed by atoms with Crippen molar-refractivity contribution in [1.29, 1.82) is 0 Å². The zero-order chi connectivity index (χ0) is 13.0. The Morgan fingerprint density at radius 1 is 1.11 bits per heavy atom. The molecule has 18 heavy (non-hydrogen) atoms. The molecule has 2 nitrogen and oxygen atoms in total. The highest BCUT2D eigenvalue weighted by Crippen LogP contribution is 2.22. The minimum absolute atomic E-state index is 0.234. The molecule has 0 aliphatic rings. The first-order valence-electron chi connectivity index (χ1n) is 6.43. The lowest BCUT2D eigenvalue weighted by molar-refractivity contribution is 0.689. The van der Waals surface area contributed by atoms with E-state index >= 15 is 0 Å². The van der Waals surface area contributed by atoms with E-state index in [9.17, 15) is 0 Å². The third-order valence-electron chi connectivity index (χ3n) is 3.26. The Hall–Kier alpha value is -1.67. The summed E-state index contributed by atoms with van der Waals surface area (Å²) < 4.78 is 0. The summed E-state index contributed by atoms with van der Waals surface area (Å²) in [4.78, 5) is 4.25. The molecule has 1 atom stereocenters. The molecule has 0 fully saturated rings. The Morgan fingerprint density at radius 3 is 2.39 bits per heavy atom. The molecule has 1 N–H and O–H groups in total. The lowest BCUT2D eigenvalue weighted by Gasteiger charge is -2.17. The molecule has 0 amide bonds. The summed E-state index contributed by atoms with van der Waals surface area (Å²) in [5, 5.41) is 3.37. The highest BCUT2D eigenvalue weighted by Gasteiger charge is 2.11. The summed E-state index contributed by atoms with van der Waals surface area (Å²) in [5.74, 6) is 0. The van der Waals surface area contributed by atoms with E-state index in [0.717, 1.165) is 12.1 Å². The van der Waals surface area contributed by atoms with Crippen molar-refractivity contribution in [2.24, 2.45) is 0 Å². The van der Waals surface area contributed by atoms with Gasteiger partial charge in [-0.15, -0.1) is 0 Å². The van der Waals surface area contributed by atoms with Crippen LogP contribution in [0.1, 0.15) is 35.3 Å². The van der Waals surface area contributed by atoms with Crippen LogP contribution in [0, 0.1) is 6.92 Å². The zero-order valence-corrected chi connectivity index (χ0v) is 11.3. The molecule has 0 saturated carbocycles. The summed E-state index contributed by atoms with van der Waals surface area (Å²) in [5.41, 5.74) is 4.98. The van der Waals surface area contributed by atoms with Crippen molar-refractivity contribution in [2.45, 2.75) is 26.3 Å². The van der Waals surface area contributed by atoms with Gasteiger partial charge in [0.25, 0.3) is 0 Å². The summed E-state index contributed by atoms with van der Waals surface area (Å²) in [6.45, 7) is 4.20. The van der Waals surface area contributed by atoms with Crippen LogP contribution in [0.5, 0.6) is 0 Å². The fourth-order valence-electron chi connectivity index (χ4n) is 2.22. The number of hydrogen-bond donors (Lipinski definition) is 1. The van der Waals surface area contributed by atoms with Gasteiger partial charge in [0.15, 0.2) is 0 Å². The van der Waals surface area contributed by atoms with Crippen LogP contribution >= 0.6 is 0 Å². The number of nitrogens with one attached hydrogen (secondary N) is 1. The largest absolute Gasteiger partial charge is 0.309 e. The van der Waals surface area contributed by atoms with Crippen LogP contribution in [0.25, 0.3) is 0 Å². The lowest BCUT2D eigenvalue weighted by Crippen LogP contribution is -2.17. The molecule has 0 radical (unpaired) electrons. The van der Waals surface area contributed by atoms with Gasteiger partial charge in [-0.3, -0.25) is 4.98 Å². The molecule has 2 aromatic rings. The fourth-order valence-corrected chi connectivity index (χ4v) is 2.22. The van der Waals surface area contributed by atoms with Crippen LogP contribution in [0.4, 0.5) is 0 Å². The van der Waals surface area contributed by atoms with Crippen molar-refractivity contribution in [1.82, 2.24) is 10.3 Å². The second kappa shape index (κ2) is 5.78. The van der Waals surface area contributed by atoms with Crippen molar-refractivity contribution >= 4 is 0 Å². The molecule has 0 aliphatic heterocycles. The van der Waals surface area contributed by atoms with Crippen LogP contribution < -0.4 is 5.32 Å². The lowest BCUT2D eigenvalue weighted by atomic mass is 9.98. The topological polar surface area (TPSA) is 24.9 Å². The molecule has 0 saturated heterocycles. The number of pyridine rings is 1. The van der Waals surface area contributed by atoms with Gasteiger partial charge < -0.3 is 5.32 Å². The normalized spacial score (nSPS) is 12.4. The maximum Gasteiger partial charge on any atom is 0.0575 e. The van der Waals surface area contributed by atoms with Gasteiger partial charge in [-0.1, -0.05) is 31.2 Å². The van der Waals surface area contributed by atoms with Crippen LogP contribution in [0.3, 0.4) is 0 Å². The molecule has 94 valence electrons. The van der Waals surface area contributed by atoms with Gasteiger partial charge in [0.2, 0.25) is 0 Å². The first-order valence-corrected chi connectivity index (χ1v) is 6.43. The number of aromatic nitrogens is 1. The minimum atomic E-state index is 0.234. The summed E-state index contributed by atoms with van der Waals surface area (Å²) in [7, 11) is 1.99. The molecule has 1 aromatic heterocycles. The molecule has 1 aromatic carbocycles. The maximum atomic E-state index is 4.25. The molecule has 2 heteroatoms. The predicted molar refractivity (Wildman–Crippen MR) is 75.7 cm³/mol. The highest BCUT2D eigenvalue weighted by atomic mass is 14.9. The van der Waals surface area contributed by atoms with Gasteiger partial charge in [-0.2, -0.15) is 0 Å². The Morgan fingerprint density at radius 2 is 1.83 bits per heavy atom. The van der Waals surface area contributed by atoms with Crippen molar-refractivity contribution in [2.75, 3.05) is 7.05 Å². The van der Waals surface area contributed by atoms with E-state index in [0.29, 0.717) is 0 Å². The molecular weight excluding hydrogens is 220 g/mol. The van der Waals surface area contributed by atoms with E-state index < -0.39 is 0 Å². The van der Waals surface area contributed by atoms with Gasteiger partial charge in [0, 0.05) is 11.9 Å². The third-order valence-corrected chi connectivity index (χ3v) is 3.26. The van der Waals surface area contributed by atoms with E-state index in [4.69, 9.17) is 0 Å². The number of hydrogen-bond acceptors (Lipinski definition) is 2. The van der Waals surface area contributed by atoms with Crippen LogP contribution in [0.2, 0.25) is 0 Å². The average Bonchev–Trinajstić information content (AvgIpc) is 2.40. The van der Waals surface area contributed by atoms with Crippen molar-refractivity contribution < 1.29 is 0 Å². The number of aryl methyl sites for hydroxylation is 2. The van der Waals surface area contributed by atoms with Crippen LogP contribution in [-0.2, 0) is 6.42 Å². The number of nitrogens with zero attached hydrogens (tertiary/aromatic N) is 1. The predicted octanol–water partition coefficient (Wildman–Crippen LogP) is 3.26. The Labute approximate surface area is 109 Å². The van der Waals surface area contributed by atoms with Crippen molar-refractivity contribution in [3.8, 4) is 0 Å². The first kappa shape index (κ1) is 12.8. The summed E-state index contributed by atoms with van der Waals surface area (Å²) in [6, 6.07) is 13.3. The SMILES string of the molecule is CCc1ccc(C(NC)c2ccnc(C)c2)cc1. The zero-order valence-electron chi connectivity index (χ0n) is 11.3. The quantitative estimate of drug-likeness (QED) is 0.887. The van der Waals surface area contributed by atoms with E-state index in [1.54, 1.807) is 0 Å². The Kier molecular flexibility index (Phi) is 4.11. The fraction of sp³-hybridized carbons (Fsp3) is 0.312. The molecule has 2 rings (SSSR count). The maximum absolute atomic E-state index is 4.25. The van der Waals surface area contributed by atoms with Gasteiger partial charge in [0.1, 0.15) is 0 Å². The second-order valence-corrected chi connectivity index (χ2v) is 4.55. The van der Waals surface area contributed by atoms with E-state index in [-0.39, 0.29) is 6.04 Å². The van der Waals surface area contributed by atoms with Gasteiger partial charge in [-0.25, -0.2) is 0 Å². The monoisotopic (exact) mass is 240 g/mol. The van der Waals surface area contributed by atoms with E-state index in [1.807, 2.05) is 20.2 Å². The number of benzene rings is 1. The van der Waals surface area contributed by atoms with Crippen molar-refractivity contribution in [3.63, 3.8) is 0 Å². The van der Waals surface area contributed by atoms with Gasteiger partial charge >= 0.3 is 0 Å². The molecule has 1 heterocycles. The van der Waals surface area contributed by atoms with E-state index in [2.05, 4.69) is 53.6 Å². The second-order valence-electron chi connectivity index (χ2n) is 4.55. The smallest absolute Gasteiger partial charge is 0.0575 e. The number of rotatable bonds is 4. The minimum Gasteiger partial charge on any atom is -0.309 e. The van der Waals surface area contributed by atoms with Crippen LogP contribution in [0.15, 0.2) is 42.6 Å². The Bertz CT molecular complexity index is 503. The molecule has 0 spiro atoms. The van der Waals surface area contributed by atoms with E-state index in [1.165, 1.54) is 16.7 Å². The summed E-state index contributed by atoms with van der Waals surface area (Å²) >= 11 is 0. The average molecular weight is 240 g/mol. The summed E-state index contributed by atoms with van der Waals surface area (Å²) in [6.07, 6.45) is 2.95.